The highest BCUT2D eigenvalue weighted by Crippen LogP contribution is 2.34. The molecule has 0 fully saturated rings. The number of halogens is 2. The van der Waals surface area contributed by atoms with Crippen molar-refractivity contribution >= 4 is 34.3 Å². The average molecular weight is 475 g/mol. The standard InChI is InChI=1S/C26H20ClFN4S/c1-2-32-25(30-31-26(32)33-16-20-21(27)12-8-13-22(20)28)19-15-24(17-9-4-3-5-10-17)29-23-14-7-6-11-18(19)23/h3-15H,2,16H2,1H3. The van der Waals surface area contributed by atoms with E-state index >= 15 is 0 Å². The summed E-state index contributed by atoms with van der Waals surface area (Å²) in [5, 5.41) is 11.1. The predicted octanol–water partition coefficient (Wildman–Crippen LogP) is 7.27. The van der Waals surface area contributed by atoms with Crippen LogP contribution in [0.15, 0.2) is 84.0 Å². The Hall–Kier alpha value is -3.22. The van der Waals surface area contributed by atoms with Gasteiger partial charge in [-0.1, -0.05) is 78.0 Å². The van der Waals surface area contributed by atoms with Crippen molar-refractivity contribution < 1.29 is 4.39 Å². The third-order valence-corrected chi connectivity index (χ3v) is 6.81. The summed E-state index contributed by atoms with van der Waals surface area (Å²) >= 11 is 7.63. The van der Waals surface area contributed by atoms with Crippen molar-refractivity contribution in [2.75, 3.05) is 0 Å². The highest BCUT2D eigenvalue weighted by Gasteiger charge is 2.18. The molecule has 5 rings (SSSR count). The Balaban J connectivity index is 1.58. The van der Waals surface area contributed by atoms with Crippen LogP contribution in [0.25, 0.3) is 33.5 Å². The lowest BCUT2D eigenvalue weighted by molar-refractivity contribution is 0.617. The molecule has 0 spiro atoms. The maximum Gasteiger partial charge on any atom is 0.191 e. The molecule has 0 aliphatic rings. The van der Waals surface area contributed by atoms with Crippen molar-refractivity contribution in [1.29, 1.82) is 0 Å². The van der Waals surface area contributed by atoms with Gasteiger partial charge in [0.25, 0.3) is 0 Å². The number of benzene rings is 3. The topological polar surface area (TPSA) is 43.6 Å². The van der Waals surface area contributed by atoms with Crippen molar-refractivity contribution in [2.45, 2.75) is 24.4 Å². The molecule has 0 aliphatic heterocycles. The molecule has 0 N–H and O–H groups in total. The molecule has 0 saturated carbocycles. The third-order valence-electron chi connectivity index (χ3n) is 5.47. The molecular formula is C26H20ClFN4S. The van der Waals surface area contributed by atoms with Gasteiger partial charge in [-0.15, -0.1) is 10.2 Å². The minimum atomic E-state index is -0.314. The smallest absolute Gasteiger partial charge is 0.191 e. The first-order valence-corrected chi connectivity index (χ1v) is 12.0. The number of hydrogen-bond donors (Lipinski definition) is 0. The van der Waals surface area contributed by atoms with E-state index in [1.807, 2.05) is 54.6 Å². The van der Waals surface area contributed by atoms with E-state index < -0.39 is 0 Å². The first kappa shape index (κ1) is 21.6. The van der Waals surface area contributed by atoms with Gasteiger partial charge in [0.15, 0.2) is 11.0 Å². The molecule has 3 aromatic carbocycles. The molecule has 0 saturated heterocycles. The van der Waals surface area contributed by atoms with Gasteiger partial charge in [0.2, 0.25) is 0 Å². The zero-order valence-corrected chi connectivity index (χ0v) is 19.4. The number of thioether (sulfide) groups is 1. The van der Waals surface area contributed by atoms with Gasteiger partial charge in [0, 0.05) is 39.4 Å². The second-order valence-corrected chi connectivity index (χ2v) is 8.83. The highest BCUT2D eigenvalue weighted by atomic mass is 35.5. The first-order valence-electron chi connectivity index (χ1n) is 10.6. The molecule has 0 bridgehead atoms. The van der Waals surface area contributed by atoms with Crippen LogP contribution in [-0.2, 0) is 12.3 Å². The molecule has 2 heterocycles. The van der Waals surface area contributed by atoms with Gasteiger partial charge in [0.1, 0.15) is 5.82 Å². The summed E-state index contributed by atoms with van der Waals surface area (Å²) in [5.74, 6) is 0.816. The average Bonchev–Trinajstić information content (AvgIpc) is 3.26. The van der Waals surface area contributed by atoms with Crippen molar-refractivity contribution in [3.63, 3.8) is 0 Å². The van der Waals surface area contributed by atoms with Crippen LogP contribution in [0.3, 0.4) is 0 Å². The van der Waals surface area contributed by atoms with E-state index in [2.05, 4.69) is 27.8 Å². The molecule has 0 radical (unpaired) electrons. The normalized spacial score (nSPS) is 11.2. The van der Waals surface area contributed by atoms with E-state index in [0.717, 1.165) is 33.5 Å². The summed E-state index contributed by atoms with van der Waals surface area (Å²) in [6.45, 7) is 2.72. The van der Waals surface area contributed by atoms with Gasteiger partial charge >= 0.3 is 0 Å². The van der Waals surface area contributed by atoms with Gasteiger partial charge < -0.3 is 4.57 Å². The van der Waals surface area contributed by atoms with Crippen LogP contribution in [0.5, 0.6) is 0 Å². The van der Waals surface area contributed by atoms with Gasteiger partial charge in [-0.05, 0) is 31.2 Å². The van der Waals surface area contributed by atoms with Crippen LogP contribution in [0.2, 0.25) is 5.02 Å². The van der Waals surface area contributed by atoms with Crippen LogP contribution < -0.4 is 0 Å². The SMILES string of the molecule is CCn1c(SCc2c(F)cccc2Cl)nnc1-c1cc(-c2ccccc2)nc2ccccc12. The number of para-hydroxylation sites is 1. The van der Waals surface area contributed by atoms with Gasteiger partial charge in [-0.25, -0.2) is 9.37 Å². The Labute approximate surface area is 200 Å². The summed E-state index contributed by atoms with van der Waals surface area (Å²) in [6.07, 6.45) is 0. The number of pyridine rings is 1. The van der Waals surface area contributed by atoms with Crippen molar-refractivity contribution in [3.05, 3.63) is 95.3 Å². The van der Waals surface area contributed by atoms with Crippen molar-refractivity contribution in [1.82, 2.24) is 19.7 Å². The zero-order chi connectivity index (χ0) is 22.8. The summed E-state index contributed by atoms with van der Waals surface area (Å²) in [7, 11) is 0. The molecule has 5 aromatic rings. The van der Waals surface area contributed by atoms with E-state index in [0.29, 0.717) is 28.0 Å². The zero-order valence-electron chi connectivity index (χ0n) is 17.9. The quantitative estimate of drug-likeness (QED) is 0.243. The molecule has 0 atom stereocenters. The van der Waals surface area contributed by atoms with Crippen LogP contribution >= 0.6 is 23.4 Å². The maximum absolute atomic E-state index is 14.2. The lowest BCUT2D eigenvalue weighted by atomic mass is 10.0. The van der Waals surface area contributed by atoms with Crippen molar-refractivity contribution in [3.8, 4) is 22.6 Å². The van der Waals surface area contributed by atoms with Gasteiger partial charge in [-0.3, -0.25) is 0 Å². The Bertz CT molecular complexity index is 1420. The van der Waals surface area contributed by atoms with Gasteiger partial charge in [0.05, 0.1) is 11.2 Å². The summed E-state index contributed by atoms with van der Waals surface area (Å²) in [6, 6.07) is 24.9. The molecule has 0 aliphatic carbocycles. The van der Waals surface area contributed by atoms with Crippen LogP contribution in [-0.4, -0.2) is 19.7 Å². The Morgan fingerprint density at radius 3 is 2.52 bits per heavy atom. The highest BCUT2D eigenvalue weighted by molar-refractivity contribution is 7.98. The number of hydrogen-bond acceptors (Lipinski definition) is 4. The maximum atomic E-state index is 14.2. The predicted molar refractivity (Wildman–Crippen MR) is 133 cm³/mol. The number of nitrogens with zero attached hydrogens (tertiary/aromatic N) is 4. The molecule has 2 aromatic heterocycles. The van der Waals surface area contributed by atoms with Crippen LogP contribution in [0.1, 0.15) is 12.5 Å². The van der Waals surface area contributed by atoms with Gasteiger partial charge in [-0.2, -0.15) is 0 Å². The fraction of sp³-hybridized carbons (Fsp3) is 0.115. The molecule has 0 amide bonds. The molecule has 0 unspecified atom stereocenters. The Kier molecular flexibility index (Phi) is 6.11. The largest absolute Gasteiger partial charge is 0.302 e. The first-order chi connectivity index (χ1) is 16.2. The number of rotatable bonds is 6. The monoisotopic (exact) mass is 474 g/mol. The Morgan fingerprint density at radius 2 is 1.73 bits per heavy atom. The van der Waals surface area contributed by atoms with Crippen LogP contribution in [0, 0.1) is 5.82 Å². The van der Waals surface area contributed by atoms with Crippen LogP contribution in [0.4, 0.5) is 4.39 Å². The molecular weight excluding hydrogens is 455 g/mol. The lowest BCUT2D eigenvalue weighted by Crippen LogP contribution is -2.01. The fourth-order valence-corrected chi connectivity index (χ4v) is 5.15. The number of aromatic nitrogens is 4. The van der Waals surface area contributed by atoms with E-state index in [-0.39, 0.29) is 5.82 Å². The Morgan fingerprint density at radius 1 is 0.939 bits per heavy atom. The van der Waals surface area contributed by atoms with E-state index in [1.54, 1.807) is 12.1 Å². The lowest BCUT2D eigenvalue weighted by Gasteiger charge is -2.12. The second kappa shape index (κ2) is 9.33. The summed E-state index contributed by atoms with van der Waals surface area (Å²) < 4.78 is 16.3. The van der Waals surface area contributed by atoms with Crippen molar-refractivity contribution in [2.24, 2.45) is 0 Å². The third kappa shape index (κ3) is 4.24. The summed E-state index contributed by atoms with van der Waals surface area (Å²) in [5.41, 5.74) is 4.24. The minimum Gasteiger partial charge on any atom is -0.302 e. The second-order valence-electron chi connectivity index (χ2n) is 7.48. The minimum absolute atomic E-state index is 0.314. The molecule has 33 heavy (non-hydrogen) atoms. The molecule has 164 valence electrons. The van der Waals surface area contributed by atoms with E-state index in [1.165, 1.54) is 17.8 Å². The number of fused-ring (bicyclic) bond motifs is 1. The fourth-order valence-electron chi connectivity index (χ4n) is 3.80. The van der Waals surface area contributed by atoms with E-state index in [4.69, 9.17) is 16.6 Å². The summed E-state index contributed by atoms with van der Waals surface area (Å²) in [4.78, 5) is 4.87. The molecule has 7 heteroatoms. The molecule has 4 nitrogen and oxygen atoms in total. The van der Waals surface area contributed by atoms with E-state index in [9.17, 15) is 4.39 Å².